The monoisotopic (exact) mass is 398 g/mol. The van der Waals surface area contributed by atoms with Crippen molar-refractivity contribution < 1.29 is 8.42 Å². The van der Waals surface area contributed by atoms with Gasteiger partial charge in [-0.2, -0.15) is 8.82 Å². The van der Waals surface area contributed by atoms with Gasteiger partial charge in [0.05, 0.1) is 4.90 Å². The molecule has 0 spiro atoms. The second kappa shape index (κ2) is 6.82. The Bertz CT molecular complexity index is 1120. The van der Waals surface area contributed by atoms with Crippen LogP contribution in [-0.4, -0.2) is 58.7 Å². The van der Waals surface area contributed by atoms with E-state index in [0.717, 1.165) is 25.1 Å². The lowest BCUT2D eigenvalue weighted by Gasteiger charge is -2.34. The first-order valence-corrected chi connectivity index (χ1v) is 11.1. The summed E-state index contributed by atoms with van der Waals surface area (Å²) in [5, 5.41) is 12.3. The predicted octanol–water partition coefficient (Wildman–Crippen LogP) is 1.51. The fourth-order valence-electron chi connectivity index (χ4n) is 4.06. The van der Waals surface area contributed by atoms with Crippen molar-refractivity contribution in [3.63, 3.8) is 0 Å². The van der Waals surface area contributed by atoms with Crippen LogP contribution in [0.15, 0.2) is 41.6 Å². The van der Waals surface area contributed by atoms with Crippen molar-refractivity contribution >= 4 is 21.5 Å². The fourth-order valence-corrected chi connectivity index (χ4v) is 5.54. The lowest BCUT2D eigenvalue weighted by atomic mass is 9.92. The van der Waals surface area contributed by atoms with Crippen LogP contribution in [0.4, 0.5) is 5.82 Å². The number of aromatic nitrogens is 4. The molecule has 0 radical (unpaired) electrons. The fraction of sp³-hybridized carbons (Fsp3) is 0.421. The summed E-state index contributed by atoms with van der Waals surface area (Å²) in [5.74, 6) is 0.804. The molecule has 0 unspecified atom stereocenters. The van der Waals surface area contributed by atoms with Gasteiger partial charge in [0.15, 0.2) is 5.65 Å². The molecule has 1 aliphatic carbocycles. The Morgan fingerprint density at radius 1 is 0.893 bits per heavy atom. The van der Waals surface area contributed by atoms with E-state index < -0.39 is 10.0 Å². The molecule has 28 heavy (non-hydrogen) atoms. The Kier molecular flexibility index (Phi) is 4.28. The van der Waals surface area contributed by atoms with E-state index in [0.29, 0.717) is 36.7 Å². The molecule has 2 aromatic heterocycles. The first-order valence-electron chi connectivity index (χ1n) is 9.65. The van der Waals surface area contributed by atoms with Gasteiger partial charge in [0.25, 0.3) is 0 Å². The second-order valence-electron chi connectivity index (χ2n) is 7.35. The topological polar surface area (TPSA) is 83.7 Å². The molecule has 5 rings (SSSR count). The molecule has 146 valence electrons. The van der Waals surface area contributed by atoms with Crippen molar-refractivity contribution in [2.45, 2.75) is 30.6 Å². The zero-order valence-corrected chi connectivity index (χ0v) is 16.3. The number of anilines is 1. The maximum atomic E-state index is 13.1. The lowest BCUT2D eigenvalue weighted by Crippen LogP contribution is -2.49. The Morgan fingerprint density at radius 3 is 2.50 bits per heavy atom. The molecule has 2 aliphatic rings. The minimum absolute atomic E-state index is 0.422. The number of nitrogens with zero attached hydrogens (tertiary/aromatic N) is 6. The van der Waals surface area contributed by atoms with Crippen LogP contribution >= 0.6 is 0 Å². The van der Waals surface area contributed by atoms with Crippen LogP contribution in [0.1, 0.15) is 24.0 Å². The molecular formula is C19H22N6O2S. The van der Waals surface area contributed by atoms with E-state index in [1.807, 2.05) is 24.3 Å². The highest BCUT2D eigenvalue weighted by molar-refractivity contribution is 7.89. The molecule has 0 saturated carbocycles. The summed E-state index contributed by atoms with van der Waals surface area (Å²) in [6.07, 6.45) is 5.92. The van der Waals surface area contributed by atoms with Gasteiger partial charge in [-0.25, -0.2) is 8.42 Å². The van der Waals surface area contributed by atoms with Crippen LogP contribution in [0, 0.1) is 0 Å². The van der Waals surface area contributed by atoms with Gasteiger partial charge in [0.2, 0.25) is 10.0 Å². The van der Waals surface area contributed by atoms with Crippen LogP contribution < -0.4 is 4.90 Å². The highest BCUT2D eigenvalue weighted by atomic mass is 32.2. The third-order valence-electron chi connectivity index (χ3n) is 5.67. The van der Waals surface area contributed by atoms with Gasteiger partial charge in [-0.1, -0.05) is 6.07 Å². The van der Waals surface area contributed by atoms with E-state index in [-0.39, 0.29) is 0 Å². The first-order chi connectivity index (χ1) is 13.6. The molecule has 3 aromatic rings. The molecule has 1 saturated heterocycles. The molecule has 1 fully saturated rings. The van der Waals surface area contributed by atoms with E-state index >= 15 is 0 Å². The number of rotatable bonds is 3. The van der Waals surface area contributed by atoms with Gasteiger partial charge in [-0.3, -0.25) is 0 Å². The SMILES string of the molecule is O=S(=O)(c1ccc2c(c1)CCCC2)N1CCN(c2ccc3nncn3n2)CC1. The van der Waals surface area contributed by atoms with E-state index in [2.05, 4.69) is 20.2 Å². The van der Waals surface area contributed by atoms with Gasteiger partial charge in [-0.15, -0.1) is 15.3 Å². The number of hydrogen-bond donors (Lipinski definition) is 0. The molecule has 1 aliphatic heterocycles. The third-order valence-corrected chi connectivity index (χ3v) is 7.56. The van der Waals surface area contributed by atoms with E-state index in [1.165, 1.54) is 17.5 Å². The quantitative estimate of drug-likeness (QED) is 0.665. The molecule has 0 atom stereocenters. The zero-order valence-electron chi connectivity index (χ0n) is 15.5. The van der Waals surface area contributed by atoms with Gasteiger partial charge in [-0.05, 0) is 61.1 Å². The number of benzene rings is 1. The van der Waals surface area contributed by atoms with Crippen LogP contribution in [0.3, 0.4) is 0 Å². The highest BCUT2D eigenvalue weighted by Crippen LogP contribution is 2.26. The molecule has 1 aromatic carbocycles. The van der Waals surface area contributed by atoms with Crippen molar-refractivity contribution in [2.75, 3.05) is 31.1 Å². The number of piperazine rings is 1. The maximum Gasteiger partial charge on any atom is 0.243 e. The molecule has 0 N–H and O–H groups in total. The summed E-state index contributed by atoms with van der Waals surface area (Å²) in [7, 11) is -3.47. The average molecular weight is 398 g/mol. The number of fused-ring (bicyclic) bond motifs is 2. The van der Waals surface area contributed by atoms with Crippen LogP contribution in [0.25, 0.3) is 5.65 Å². The molecule has 0 bridgehead atoms. The summed E-state index contributed by atoms with van der Waals surface area (Å²) in [6, 6.07) is 9.42. The van der Waals surface area contributed by atoms with Gasteiger partial charge in [0, 0.05) is 26.2 Å². The van der Waals surface area contributed by atoms with Crippen molar-refractivity contribution in [2.24, 2.45) is 0 Å². The van der Waals surface area contributed by atoms with Crippen molar-refractivity contribution in [1.29, 1.82) is 0 Å². The number of aryl methyl sites for hydroxylation is 2. The van der Waals surface area contributed by atoms with E-state index in [4.69, 9.17) is 0 Å². The summed E-state index contributed by atoms with van der Waals surface area (Å²) in [5.41, 5.74) is 3.18. The highest BCUT2D eigenvalue weighted by Gasteiger charge is 2.29. The Morgan fingerprint density at radius 2 is 1.68 bits per heavy atom. The lowest BCUT2D eigenvalue weighted by molar-refractivity contribution is 0.383. The molecular weight excluding hydrogens is 376 g/mol. The largest absolute Gasteiger partial charge is 0.353 e. The van der Waals surface area contributed by atoms with Gasteiger partial charge < -0.3 is 4.90 Å². The van der Waals surface area contributed by atoms with Gasteiger partial charge in [0.1, 0.15) is 12.1 Å². The number of sulfonamides is 1. The summed E-state index contributed by atoms with van der Waals surface area (Å²) in [6.45, 7) is 2.10. The van der Waals surface area contributed by atoms with Crippen LogP contribution in [0.5, 0.6) is 0 Å². The maximum absolute atomic E-state index is 13.1. The van der Waals surface area contributed by atoms with Crippen molar-refractivity contribution in [3.8, 4) is 0 Å². The smallest absolute Gasteiger partial charge is 0.243 e. The standard InChI is InChI=1S/C19H22N6O2S/c26-28(27,17-6-5-15-3-1-2-4-16(15)13-17)24-11-9-23(10-12-24)19-8-7-18-21-20-14-25(18)22-19/h5-8,13-14H,1-4,9-12H2. The van der Waals surface area contributed by atoms with Crippen LogP contribution in [0.2, 0.25) is 0 Å². The van der Waals surface area contributed by atoms with Gasteiger partial charge >= 0.3 is 0 Å². The predicted molar refractivity (Wildman–Crippen MR) is 105 cm³/mol. The summed E-state index contributed by atoms with van der Waals surface area (Å²) >= 11 is 0. The number of hydrogen-bond acceptors (Lipinski definition) is 6. The minimum Gasteiger partial charge on any atom is -0.353 e. The Hall–Kier alpha value is -2.52. The second-order valence-corrected chi connectivity index (χ2v) is 9.29. The normalized spacial score (nSPS) is 18.4. The molecule has 3 heterocycles. The molecule has 0 amide bonds. The molecule has 9 heteroatoms. The van der Waals surface area contributed by atoms with E-state index in [9.17, 15) is 8.42 Å². The Labute approximate surface area is 163 Å². The average Bonchev–Trinajstić information content (AvgIpc) is 3.21. The van der Waals surface area contributed by atoms with Crippen molar-refractivity contribution in [3.05, 3.63) is 47.8 Å². The summed E-state index contributed by atoms with van der Waals surface area (Å²) in [4.78, 5) is 2.52. The third kappa shape index (κ3) is 3.04. The van der Waals surface area contributed by atoms with E-state index in [1.54, 1.807) is 21.2 Å². The summed E-state index contributed by atoms with van der Waals surface area (Å²) < 4.78 is 29.5. The first kappa shape index (κ1) is 17.6. The van der Waals surface area contributed by atoms with Crippen LogP contribution in [-0.2, 0) is 22.9 Å². The van der Waals surface area contributed by atoms with Crippen molar-refractivity contribution in [1.82, 2.24) is 24.1 Å². The zero-order chi connectivity index (χ0) is 19.1. The Balaban J connectivity index is 1.32. The minimum atomic E-state index is -3.47. The molecule has 8 nitrogen and oxygen atoms in total.